The van der Waals surface area contributed by atoms with E-state index < -0.39 is 6.03 Å². The minimum atomic E-state index is -0.470. The van der Waals surface area contributed by atoms with Gasteiger partial charge in [-0.25, -0.2) is 4.79 Å². The fraction of sp³-hybridized carbons (Fsp3) is 0.231. The molecule has 6 nitrogen and oxygen atoms in total. The molecule has 1 atom stereocenters. The van der Waals surface area contributed by atoms with E-state index in [1.54, 1.807) is 30.3 Å². The van der Waals surface area contributed by atoms with Gasteiger partial charge in [0.1, 0.15) is 0 Å². The summed E-state index contributed by atoms with van der Waals surface area (Å²) in [6, 6.07) is 19.4. The molecule has 1 unspecified atom stereocenters. The van der Waals surface area contributed by atoms with Gasteiger partial charge in [-0.05, 0) is 61.7 Å². The summed E-state index contributed by atoms with van der Waals surface area (Å²) >= 11 is 12.1. The Morgan fingerprint density at radius 3 is 2.35 bits per heavy atom. The van der Waals surface area contributed by atoms with Crippen molar-refractivity contribution >= 4 is 52.2 Å². The van der Waals surface area contributed by atoms with Crippen molar-refractivity contribution < 1.29 is 9.59 Å². The van der Waals surface area contributed by atoms with Gasteiger partial charge in [-0.3, -0.25) is 4.79 Å². The van der Waals surface area contributed by atoms with Crippen molar-refractivity contribution in [3.8, 4) is 0 Å². The van der Waals surface area contributed by atoms with E-state index in [2.05, 4.69) is 20.9 Å². The largest absolute Gasteiger partial charge is 0.371 e. The summed E-state index contributed by atoms with van der Waals surface area (Å²) in [5.41, 5.74) is 3.34. The van der Waals surface area contributed by atoms with Crippen molar-refractivity contribution in [2.45, 2.75) is 25.8 Å². The molecule has 34 heavy (non-hydrogen) atoms. The standard InChI is InChI=1S/C26H26Cl2N4O2/c1-17(18-7-3-2-4-8-18)29-25(33)21-16-20(10-12-24(21)32-13-5-6-14-32)30-26(34)31-23-11-9-19(27)15-22(23)28/h2-4,7-12,15-17H,5-6,13-14H2,1H3,(H,29,33)(H2,30,31,34). The third-order valence-electron chi connectivity index (χ3n) is 5.77. The summed E-state index contributed by atoms with van der Waals surface area (Å²) in [6.45, 7) is 3.75. The quantitative estimate of drug-likeness (QED) is 0.354. The molecule has 0 spiro atoms. The molecule has 1 aliphatic heterocycles. The van der Waals surface area contributed by atoms with Gasteiger partial charge < -0.3 is 20.9 Å². The van der Waals surface area contributed by atoms with Crippen LogP contribution in [0.25, 0.3) is 0 Å². The van der Waals surface area contributed by atoms with Crippen molar-refractivity contribution in [2.75, 3.05) is 28.6 Å². The van der Waals surface area contributed by atoms with Gasteiger partial charge in [0, 0.05) is 29.5 Å². The first kappa shape index (κ1) is 23.9. The summed E-state index contributed by atoms with van der Waals surface area (Å²) in [4.78, 5) is 28.1. The molecule has 3 N–H and O–H groups in total. The zero-order chi connectivity index (χ0) is 24.1. The number of halogens is 2. The maximum atomic E-state index is 13.3. The highest BCUT2D eigenvalue weighted by Gasteiger charge is 2.22. The zero-order valence-corrected chi connectivity index (χ0v) is 20.3. The number of anilines is 3. The summed E-state index contributed by atoms with van der Waals surface area (Å²) in [5.74, 6) is -0.192. The van der Waals surface area contributed by atoms with Gasteiger partial charge in [0.25, 0.3) is 5.91 Å². The number of nitrogens with zero attached hydrogens (tertiary/aromatic N) is 1. The Kier molecular flexibility index (Phi) is 7.60. The van der Waals surface area contributed by atoms with Gasteiger partial charge >= 0.3 is 6.03 Å². The zero-order valence-electron chi connectivity index (χ0n) is 18.8. The molecule has 0 bridgehead atoms. The molecule has 1 saturated heterocycles. The van der Waals surface area contributed by atoms with E-state index in [0.29, 0.717) is 27.0 Å². The molecule has 8 heteroatoms. The third-order valence-corrected chi connectivity index (χ3v) is 6.32. The number of rotatable bonds is 6. The molecule has 1 heterocycles. The predicted molar refractivity (Wildman–Crippen MR) is 139 cm³/mol. The van der Waals surface area contributed by atoms with E-state index in [1.165, 1.54) is 0 Å². The van der Waals surface area contributed by atoms with E-state index in [1.807, 2.05) is 43.3 Å². The number of carbonyl (C=O) groups excluding carboxylic acids is 2. The molecular formula is C26H26Cl2N4O2. The van der Waals surface area contributed by atoms with Crippen LogP contribution < -0.4 is 20.9 Å². The number of nitrogens with one attached hydrogen (secondary N) is 3. The average Bonchev–Trinajstić information content (AvgIpc) is 3.36. The highest BCUT2D eigenvalue weighted by molar-refractivity contribution is 6.36. The Hall–Kier alpha value is -3.22. The van der Waals surface area contributed by atoms with E-state index >= 15 is 0 Å². The Balaban J connectivity index is 1.54. The van der Waals surface area contributed by atoms with E-state index in [9.17, 15) is 9.59 Å². The first-order chi connectivity index (χ1) is 16.4. The molecule has 0 radical (unpaired) electrons. The highest BCUT2D eigenvalue weighted by atomic mass is 35.5. The molecular weight excluding hydrogens is 471 g/mol. The average molecular weight is 497 g/mol. The van der Waals surface area contributed by atoms with Crippen molar-refractivity contribution in [3.05, 3.63) is 87.9 Å². The topological polar surface area (TPSA) is 73.5 Å². The number of hydrogen-bond donors (Lipinski definition) is 3. The molecule has 0 aliphatic carbocycles. The summed E-state index contributed by atoms with van der Waals surface area (Å²) < 4.78 is 0. The molecule has 3 aromatic rings. The van der Waals surface area contributed by atoms with Crippen molar-refractivity contribution in [3.63, 3.8) is 0 Å². The lowest BCUT2D eigenvalue weighted by Gasteiger charge is -2.23. The summed E-state index contributed by atoms with van der Waals surface area (Å²) in [5, 5.41) is 9.40. The Bertz CT molecular complexity index is 1180. The van der Waals surface area contributed by atoms with Crippen LogP contribution in [-0.2, 0) is 0 Å². The highest BCUT2D eigenvalue weighted by Crippen LogP contribution is 2.29. The van der Waals surface area contributed by atoms with Crippen molar-refractivity contribution in [1.29, 1.82) is 0 Å². The van der Waals surface area contributed by atoms with Crippen LogP contribution in [0, 0.1) is 0 Å². The maximum Gasteiger partial charge on any atom is 0.323 e. The molecule has 0 aromatic heterocycles. The van der Waals surface area contributed by atoms with Gasteiger partial charge in [-0.2, -0.15) is 0 Å². The van der Waals surface area contributed by atoms with Crippen molar-refractivity contribution in [1.82, 2.24) is 5.32 Å². The monoisotopic (exact) mass is 496 g/mol. The van der Waals surface area contributed by atoms with Gasteiger partial charge in [0.2, 0.25) is 0 Å². The van der Waals surface area contributed by atoms with E-state index in [0.717, 1.165) is 37.2 Å². The molecule has 1 fully saturated rings. The minimum Gasteiger partial charge on any atom is -0.371 e. The van der Waals surface area contributed by atoms with Crippen LogP contribution >= 0.6 is 23.2 Å². The van der Waals surface area contributed by atoms with Gasteiger partial charge in [0.15, 0.2) is 0 Å². The molecule has 3 amide bonds. The molecule has 4 rings (SSSR count). The summed E-state index contributed by atoms with van der Waals surface area (Å²) in [6.07, 6.45) is 2.18. The van der Waals surface area contributed by atoms with Gasteiger partial charge in [0.05, 0.1) is 22.3 Å². The second-order valence-corrected chi connectivity index (χ2v) is 9.08. The predicted octanol–water partition coefficient (Wildman–Crippen LogP) is 6.73. The van der Waals surface area contributed by atoms with E-state index in [-0.39, 0.29) is 11.9 Å². The number of hydrogen-bond acceptors (Lipinski definition) is 3. The second kappa shape index (κ2) is 10.8. The molecule has 3 aromatic carbocycles. The van der Waals surface area contributed by atoms with Crippen LogP contribution in [0.4, 0.5) is 21.9 Å². The number of benzene rings is 3. The number of urea groups is 1. The maximum absolute atomic E-state index is 13.3. The summed E-state index contributed by atoms with van der Waals surface area (Å²) in [7, 11) is 0. The van der Waals surface area contributed by atoms with Gasteiger partial charge in [-0.1, -0.05) is 53.5 Å². The fourth-order valence-electron chi connectivity index (χ4n) is 4.00. The molecule has 0 saturated carbocycles. The third kappa shape index (κ3) is 5.82. The van der Waals surface area contributed by atoms with Crippen molar-refractivity contribution in [2.24, 2.45) is 0 Å². The lowest BCUT2D eigenvalue weighted by atomic mass is 10.1. The van der Waals surface area contributed by atoms with Crippen LogP contribution in [0.3, 0.4) is 0 Å². The van der Waals surface area contributed by atoms with Crippen LogP contribution in [0.1, 0.15) is 41.7 Å². The first-order valence-corrected chi connectivity index (χ1v) is 11.9. The van der Waals surface area contributed by atoms with Gasteiger partial charge in [-0.15, -0.1) is 0 Å². The first-order valence-electron chi connectivity index (χ1n) is 11.2. The van der Waals surface area contributed by atoms with Crippen LogP contribution in [0.15, 0.2) is 66.7 Å². The van der Waals surface area contributed by atoms with Crippen LogP contribution in [-0.4, -0.2) is 25.0 Å². The minimum absolute atomic E-state index is 0.160. The number of carbonyl (C=O) groups is 2. The van der Waals surface area contributed by atoms with Crippen LogP contribution in [0.2, 0.25) is 10.0 Å². The normalized spacial score (nSPS) is 13.9. The smallest absolute Gasteiger partial charge is 0.323 e. The molecule has 1 aliphatic rings. The fourth-order valence-corrected chi connectivity index (χ4v) is 4.46. The molecule has 176 valence electrons. The SMILES string of the molecule is CC(NC(=O)c1cc(NC(=O)Nc2ccc(Cl)cc2Cl)ccc1N1CCCC1)c1ccccc1. The Labute approximate surface area is 209 Å². The Morgan fingerprint density at radius 2 is 1.65 bits per heavy atom. The second-order valence-electron chi connectivity index (χ2n) is 8.24. The lowest BCUT2D eigenvalue weighted by Crippen LogP contribution is -2.30. The lowest BCUT2D eigenvalue weighted by molar-refractivity contribution is 0.0940. The Morgan fingerprint density at radius 1 is 0.912 bits per heavy atom. The number of amides is 3. The van der Waals surface area contributed by atoms with Crippen LogP contribution in [0.5, 0.6) is 0 Å². The van der Waals surface area contributed by atoms with E-state index in [4.69, 9.17) is 23.2 Å².